The summed E-state index contributed by atoms with van der Waals surface area (Å²) in [5, 5.41) is 12.1. The molecule has 0 atom stereocenters. The first-order valence-electron chi connectivity index (χ1n) is 9.85. The van der Waals surface area contributed by atoms with Gasteiger partial charge in [-0.1, -0.05) is 30.3 Å². The first kappa shape index (κ1) is 15.8. The van der Waals surface area contributed by atoms with Gasteiger partial charge in [-0.05, 0) is 61.3 Å². The van der Waals surface area contributed by atoms with Crippen LogP contribution in [0, 0.1) is 23.7 Å². The lowest BCUT2D eigenvalue weighted by atomic mass is 9.42. The Morgan fingerprint density at radius 1 is 1.12 bits per heavy atom. The Balaban J connectivity index is 1.53. The van der Waals surface area contributed by atoms with Crippen molar-refractivity contribution in [1.82, 2.24) is 5.06 Å². The lowest BCUT2D eigenvalue weighted by molar-refractivity contribution is -0.179. The Bertz CT molecular complexity index is 622. The summed E-state index contributed by atoms with van der Waals surface area (Å²) in [4.78, 5) is 18.6. The second-order valence-corrected chi connectivity index (χ2v) is 8.61. The van der Waals surface area contributed by atoms with E-state index in [0.29, 0.717) is 36.7 Å². The first-order valence-corrected chi connectivity index (χ1v) is 9.85. The summed E-state index contributed by atoms with van der Waals surface area (Å²) in [5.41, 5.74) is 1.25. The quantitative estimate of drug-likeness (QED) is 0.920. The molecule has 4 nitrogen and oxygen atoms in total. The monoisotopic (exact) mass is 341 g/mol. The second kappa shape index (κ2) is 5.82. The molecule has 4 aliphatic carbocycles. The van der Waals surface area contributed by atoms with Gasteiger partial charge in [-0.25, -0.2) is 5.06 Å². The van der Waals surface area contributed by atoms with Crippen molar-refractivity contribution in [3.63, 3.8) is 0 Å². The van der Waals surface area contributed by atoms with E-state index in [-0.39, 0.29) is 17.4 Å². The molecule has 1 amide bonds. The third kappa shape index (κ3) is 2.30. The van der Waals surface area contributed by atoms with Gasteiger partial charge in [0.05, 0.1) is 19.3 Å². The molecule has 134 valence electrons. The van der Waals surface area contributed by atoms with Gasteiger partial charge in [-0.3, -0.25) is 9.63 Å². The first-order chi connectivity index (χ1) is 12.2. The third-order valence-corrected chi connectivity index (χ3v) is 7.56. The summed E-state index contributed by atoms with van der Waals surface area (Å²) >= 11 is 0. The average molecular weight is 341 g/mol. The van der Waals surface area contributed by atoms with Crippen molar-refractivity contribution in [2.45, 2.75) is 50.0 Å². The summed E-state index contributed by atoms with van der Waals surface area (Å²) in [5.74, 6) is 2.05. The van der Waals surface area contributed by atoms with Crippen LogP contribution in [0.15, 0.2) is 30.3 Å². The van der Waals surface area contributed by atoms with Crippen LogP contribution in [-0.4, -0.2) is 35.3 Å². The number of hydrogen-bond donors (Lipinski definition) is 1. The van der Waals surface area contributed by atoms with Crippen LogP contribution in [-0.2, 0) is 15.0 Å². The molecule has 5 aliphatic rings. The largest absolute Gasteiger partial charge is 0.393 e. The highest BCUT2D eigenvalue weighted by Gasteiger charge is 2.61. The van der Waals surface area contributed by atoms with Crippen LogP contribution in [0.3, 0.4) is 0 Å². The maximum absolute atomic E-state index is 13.0. The number of aliphatic hydroxyl groups is 1. The smallest absolute Gasteiger partial charge is 0.247 e. The van der Waals surface area contributed by atoms with Crippen LogP contribution >= 0.6 is 0 Å². The zero-order valence-corrected chi connectivity index (χ0v) is 14.6. The number of carbonyl (C=O) groups is 1. The number of hydroxylamine groups is 2. The van der Waals surface area contributed by atoms with Crippen molar-refractivity contribution in [3.8, 4) is 0 Å². The van der Waals surface area contributed by atoms with E-state index in [1.165, 1.54) is 5.56 Å². The fourth-order valence-electron chi connectivity index (χ4n) is 6.56. The van der Waals surface area contributed by atoms with Crippen LogP contribution in [0.2, 0.25) is 0 Å². The fourth-order valence-corrected chi connectivity index (χ4v) is 6.56. The van der Waals surface area contributed by atoms with Crippen molar-refractivity contribution < 1.29 is 14.7 Å². The summed E-state index contributed by atoms with van der Waals surface area (Å²) in [7, 11) is 0. The van der Waals surface area contributed by atoms with Crippen LogP contribution in [0.5, 0.6) is 0 Å². The molecule has 25 heavy (non-hydrogen) atoms. The number of amides is 1. The van der Waals surface area contributed by atoms with Crippen molar-refractivity contribution in [1.29, 1.82) is 0 Å². The van der Waals surface area contributed by atoms with E-state index in [4.69, 9.17) is 4.84 Å². The van der Waals surface area contributed by atoms with E-state index in [0.717, 1.165) is 38.6 Å². The molecule has 1 heterocycles. The number of aliphatic hydroxyl groups excluding tert-OH is 1. The third-order valence-electron chi connectivity index (χ3n) is 7.56. The highest BCUT2D eigenvalue weighted by molar-refractivity contribution is 5.77. The van der Waals surface area contributed by atoms with Gasteiger partial charge >= 0.3 is 0 Å². The van der Waals surface area contributed by atoms with Crippen molar-refractivity contribution in [2.75, 3.05) is 13.2 Å². The minimum absolute atomic E-state index is 0.0720. The van der Waals surface area contributed by atoms with Gasteiger partial charge in [-0.15, -0.1) is 0 Å². The normalized spacial score (nSPS) is 42.1. The topological polar surface area (TPSA) is 49.8 Å². The number of nitrogens with zero attached hydrogens (tertiary/aromatic N) is 1. The predicted octanol–water partition coefficient (Wildman–Crippen LogP) is 2.91. The molecule has 1 N–H and O–H groups in total. The molecule has 1 aromatic rings. The van der Waals surface area contributed by atoms with E-state index in [1.807, 2.05) is 0 Å². The Hall–Kier alpha value is -1.39. The van der Waals surface area contributed by atoms with E-state index in [1.54, 1.807) is 5.06 Å². The molecule has 1 aromatic carbocycles. The molecule has 0 unspecified atom stereocenters. The molecule has 1 aliphatic heterocycles. The number of benzene rings is 1. The molecule has 4 heteroatoms. The Kier molecular flexibility index (Phi) is 3.68. The zero-order chi connectivity index (χ0) is 17.0. The fraction of sp³-hybridized carbons (Fsp3) is 0.667. The number of rotatable bonds is 3. The van der Waals surface area contributed by atoms with Gasteiger partial charge in [0, 0.05) is 11.8 Å². The van der Waals surface area contributed by atoms with Crippen LogP contribution in [0.4, 0.5) is 0 Å². The predicted molar refractivity (Wildman–Crippen MR) is 93.5 cm³/mol. The Morgan fingerprint density at radius 3 is 2.32 bits per heavy atom. The number of hydrogen-bond acceptors (Lipinski definition) is 3. The van der Waals surface area contributed by atoms with Crippen LogP contribution < -0.4 is 0 Å². The molecule has 0 radical (unpaired) electrons. The maximum atomic E-state index is 13.0. The minimum Gasteiger partial charge on any atom is -0.393 e. The van der Waals surface area contributed by atoms with E-state index < -0.39 is 0 Å². The Morgan fingerprint density at radius 2 is 1.76 bits per heavy atom. The summed E-state index contributed by atoms with van der Waals surface area (Å²) < 4.78 is 0. The molecule has 4 bridgehead atoms. The second-order valence-electron chi connectivity index (χ2n) is 8.61. The van der Waals surface area contributed by atoms with E-state index in [9.17, 15) is 9.90 Å². The van der Waals surface area contributed by atoms with Gasteiger partial charge in [0.15, 0.2) is 0 Å². The standard InChI is InChI=1S/C21H27NO3/c23-19(22-7-4-8-25-22)13-21(16-5-2-1-3-6-16)17-9-14-10-18(21)12-15(11-17)20(14)24/h1-3,5-6,14-15,17-18,20,24H,4,7-13H2. The molecule has 6 rings (SSSR count). The van der Waals surface area contributed by atoms with Gasteiger partial charge in [0.25, 0.3) is 0 Å². The SMILES string of the molecule is O=C(CC1(c2ccccc2)C2CC3CC1CC(C2)C3O)N1CCCO1. The van der Waals surface area contributed by atoms with Crippen LogP contribution in [0.1, 0.15) is 44.1 Å². The van der Waals surface area contributed by atoms with Crippen molar-refractivity contribution >= 4 is 5.91 Å². The van der Waals surface area contributed by atoms with Gasteiger partial charge in [0.1, 0.15) is 0 Å². The molecule has 0 spiro atoms. The molecule has 0 aromatic heterocycles. The van der Waals surface area contributed by atoms with Gasteiger partial charge < -0.3 is 5.11 Å². The van der Waals surface area contributed by atoms with E-state index in [2.05, 4.69) is 30.3 Å². The zero-order valence-electron chi connectivity index (χ0n) is 14.6. The highest BCUT2D eigenvalue weighted by Crippen LogP contribution is 2.64. The van der Waals surface area contributed by atoms with Crippen molar-refractivity contribution in [3.05, 3.63) is 35.9 Å². The maximum Gasteiger partial charge on any atom is 0.247 e. The highest BCUT2D eigenvalue weighted by atomic mass is 16.7. The lowest BCUT2D eigenvalue weighted by Gasteiger charge is -2.63. The Labute approximate surface area is 149 Å². The molecule has 1 saturated heterocycles. The average Bonchev–Trinajstić information content (AvgIpc) is 3.15. The van der Waals surface area contributed by atoms with Crippen LogP contribution in [0.25, 0.3) is 0 Å². The molecule has 5 fully saturated rings. The number of carbonyl (C=O) groups excluding carboxylic acids is 1. The van der Waals surface area contributed by atoms with Gasteiger partial charge in [0.2, 0.25) is 5.91 Å². The van der Waals surface area contributed by atoms with E-state index >= 15 is 0 Å². The lowest BCUT2D eigenvalue weighted by Crippen LogP contribution is -2.61. The molecular formula is C21H27NO3. The molecular weight excluding hydrogens is 314 g/mol. The molecule has 4 saturated carbocycles. The van der Waals surface area contributed by atoms with Crippen molar-refractivity contribution in [2.24, 2.45) is 23.7 Å². The van der Waals surface area contributed by atoms with Gasteiger partial charge in [-0.2, -0.15) is 0 Å². The summed E-state index contributed by atoms with van der Waals surface area (Å²) in [6.45, 7) is 1.39. The summed E-state index contributed by atoms with van der Waals surface area (Å²) in [6, 6.07) is 10.7. The minimum atomic E-state index is -0.112. The summed E-state index contributed by atoms with van der Waals surface area (Å²) in [6.07, 6.45) is 5.65.